The largest absolute Gasteiger partial charge is 0.358 e. The Morgan fingerprint density at radius 1 is 1.38 bits per heavy atom. The second-order valence-electron chi connectivity index (χ2n) is 2.99. The Morgan fingerprint density at radius 2 is 2.15 bits per heavy atom. The van der Waals surface area contributed by atoms with Crippen LogP contribution >= 0.6 is 0 Å². The molecule has 0 saturated heterocycles. The van der Waals surface area contributed by atoms with E-state index >= 15 is 0 Å². The molecule has 0 unspecified atom stereocenters. The van der Waals surface area contributed by atoms with E-state index in [1.807, 2.05) is 7.05 Å². The minimum atomic E-state index is 0.449. The Balaban J connectivity index is 2.67. The van der Waals surface area contributed by atoms with Crippen molar-refractivity contribution in [1.82, 2.24) is 9.97 Å². The van der Waals surface area contributed by atoms with Crippen molar-refractivity contribution >= 4 is 5.82 Å². The van der Waals surface area contributed by atoms with Crippen LogP contribution in [0.4, 0.5) is 5.82 Å². The van der Waals surface area contributed by atoms with Gasteiger partial charge < -0.3 is 10.6 Å². The fourth-order valence-corrected chi connectivity index (χ4v) is 1.10. The van der Waals surface area contributed by atoms with E-state index < -0.39 is 0 Å². The standard InChI is InChI=1S/C9H16N4/c1-3-4-13(2)9-7-11-8(5-10)6-12-9/h6-7H,3-5,10H2,1-2H3. The van der Waals surface area contributed by atoms with Gasteiger partial charge in [-0.3, -0.25) is 4.98 Å². The highest BCUT2D eigenvalue weighted by Crippen LogP contribution is 2.06. The van der Waals surface area contributed by atoms with Gasteiger partial charge >= 0.3 is 0 Å². The molecule has 0 fully saturated rings. The van der Waals surface area contributed by atoms with Gasteiger partial charge in [0.15, 0.2) is 0 Å². The van der Waals surface area contributed by atoms with E-state index in [9.17, 15) is 0 Å². The Hall–Kier alpha value is -1.16. The van der Waals surface area contributed by atoms with Crippen molar-refractivity contribution in [3.05, 3.63) is 18.1 Å². The molecule has 0 aromatic carbocycles. The van der Waals surface area contributed by atoms with E-state index in [4.69, 9.17) is 5.73 Å². The molecule has 1 aromatic heterocycles. The summed E-state index contributed by atoms with van der Waals surface area (Å²) in [4.78, 5) is 10.5. The molecule has 13 heavy (non-hydrogen) atoms. The van der Waals surface area contributed by atoms with Crippen molar-refractivity contribution in [2.75, 3.05) is 18.5 Å². The molecule has 0 aliphatic heterocycles. The minimum Gasteiger partial charge on any atom is -0.358 e. The molecule has 1 heterocycles. The van der Waals surface area contributed by atoms with Crippen molar-refractivity contribution < 1.29 is 0 Å². The molecule has 2 N–H and O–H groups in total. The number of rotatable bonds is 4. The number of nitrogens with zero attached hydrogens (tertiary/aromatic N) is 3. The molecule has 4 nitrogen and oxygen atoms in total. The molecular weight excluding hydrogens is 164 g/mol. The minimum absolute atomic E-state index is 0.449. The second-order valence-corrected chi connectivity index (χ2v) is 2.99. The average molecular weight is 180 g/mol. The molecule has 0 saturated carbocycles. The topological polar surface area (TPSA) is 55.0 Å². The lowest BCUT2D eigenvalue weighted by atomic mass is 10.4. The second kappa shape index (κ2) is 4.77. The van der Waals surface area contributed by atoms with E-state index in [-0.39, 0.29) is 0 Å². The van der Waals surface area contributed by atoms with Crippen LogP contribution in [-0.4, -0.2) is 23.6 Å². The highest BCUT2D eigenvalue weighted by atomic mass is 15.2. The maximum atomic E-state index is 5.42. The monoisotopic (exact) mass is 180 g/mol. The third-order valence-corrected chi connectivity index (χ3v) is 1.85. The van der Waals surface area contributed by atoms with Gasteiger partial charge in [-0.15, -0.1) is 0 Å². The van der Waals surface area contributed by atoms with Crippen LogP contribution in [-0.2, 0) is 6.54 Å². The average Bonchev–Trinajstić information content (AvgIpc) is 2.18. The van der Waals surface area contributed by atoms with E-state index in [2.05, 4.69) is 21.8 Å². The van der Waals surface area contributed by atoms with Gasteiger partial charge in [0.2, 0.25) is 0 Å². The number of anilines is 1. The van der Waals surface area contributed by atoms with Gasteiger partial charge in [0.1, 0.15) is 5.82 Å². The Bertz CT molecular complexity index is 244. The van der Waals surface area contributed by atoms with E-state index in [0.717, 1.165) is 24.5 Å². The number of nitrogens with two attached hydrogens (primary N) is 1. The first-order valence-corrected chi connectivity index (χ1v) is 4.50. The maximum Gasteiger partial charge on any atom is 0.146 e. The maximum absolute atomic E-state index is 5.42. The van der Waals surface area contributed by atoms with Crippen molar-refractivity contribution in [3.8, 4) is 0 Å². The number of aromatic nitrogens is 2. The molecule has 1 rings (SSSR count). The molecule has 0 spiro atoms. The fraction of sp³-hybridized carbons (Fsp3) is 0.556. The number of hydrogen-bond acceptors (Lipinski definition) is 4. The van der Waals surface area contributed by atoms with Crippen LogP contribution < -0.4 is 10.6 Å². The zero-order valence-corrected chi connectivity index (χ0v) is 8.20. The molecular formula is C9H16N4. The van der Waals surface area contributed by atoms with Crippen LogP contribution in [0.25, 0.3) is 0 Å². The molecule has 0 aliphatic carbocycles. The summed E-state index contributed by atoms with van der Waals surface area (Å²) in [5, 5.41) is 0. The van der Waals surface area contributed by atoms with Gasteiger partial charge in [0.25, 0.3) is 0 Å². The predicted molar refractivity (Wildman–Crippen MR) is 53.5 cm³/mol. The zero-order chi connectivity index (χ0) is 9.68. The van der Waals surface area contributed by atoms with Crippen LogP contribution in [0.1, 0.15) is 19.0 Å². The van der Waals surface area contributed by atoms with Crippen molar-refractivity contribution in [3.63, 3.8) is 0 Å². The molecule has 0 bridgehead atoms. The summed E-state index contributed by atoms with van der Waals surface area (Å²) < 4.78 is 0. The zero-order valence-electron chi connectivity index (χ0n) is 8.20. The summed E-state index contributed by atoms with van der Waals surface area (Å²) in [6, 6.07) is 0. The normalized spacial score (nSPS) is 10.1. The van der Waals surface area contributed by atoms with Crippen molar-refractivity contribution in [2.24, 2.45) is 5.73 Å². The molecule has 72 valence electrons. The number of hydrogen-bond donors (Lipinski definition) is 1. The lowest BCUT2D eigenvalue weighted by Crippen LogP contribution is -2.19. The van der Waals surface area contributed by atoms with Crippen LogP contribution in [0, 0.1) is 0 Å². The summed E-state index contributed by atoms with van der Waals surface area (Å²) >= 11 is 0. The molecule has 0 radical (unpaired) electrons. The quantitative estimate of drug-likeness (QED) is 0.744. The summed E-state index contributed by atoms with van der Waals surface area (Å²) in [7, 11) is 2.01. The van der Waals surface area contributed by atoms with Crippen LogP contribution in [0.5, 0.6) is 0 Å². The van der Waals surface area contributed by atoms with E-state index in [1.165, 1.54) is 0 Å². The van der Waals surface area contributed by atoms with Crippen molar-refractivity contribution in [1.29, 1.82) is 0 Å². The first-order chi connectivity index (χ1) is 6.27. The Morgan fingerprint density at radius 3 is 2.62 bits per heavy atom. The SMILES string of the molecule is CCCN(C)c1cnc(CN)cn1. The molecule has 0 aliphatic rings. The van der Waals surface area contributed by atoms with Gasteiger partial charge in [-0.1, -0.05) is 6.92 Å². The summed E-state index contributed by atoms with van der Waals surface area (Å²) in [5.74, 6) is 0.902. The molecule has 0 amide bonds. The van der Waals surface area contributed by atoms with Crippen LogP contribution in [0.15, 0.2) is 12.4 Å². The first-order valence-electron chi connectivity index (χ1n) is 4.50. The van der Waals surface area contributed by atoms with Gasteiger partial charge in [0.05, 0.1) is 18.1 Å². The van der Waals surface area contributed by atoms with Gasteiger partial charge in [-0.25, -0.2) is 4.98 Å². The molecule has 0 atom stereocenters. The van der Waals surface area contributed by atoms with E-state index in [1.54, 1.807) is 12.4 Å². The lowest BCUT2D eigenvalue weighted by molar-refractivity contribution is 0.827. The highest BCUT2D eigenvalue weighted by Gasteiger charge is 2.00. The van der Waals surface area contributed by atoms with E-state index in [0.29, 0.717) is 6.54 Å². The van der Waals surface area contributed by atoms with Gasteiger partial charge in [-0.05, 0) is 6.42 Å². The van der Waals surface area contributed by atoms with Gasteiger partial charge in [-0.2, -0.15) is 0 Å². The Kier molecular flexibility index (Phi) is 3.64. The smallest absolute Gasteiger partial charge is 0.146 e. The third-order valence-electron chi connectivity index (χ3n) is 1.85. The molecule has 4 heteroatoms. The van der Waals surface area contributed by atoms with Gasteiger partial charge in [0, 0.05) is 20.1 Å². The predicted octanol–water partition coefficient (Wildman–Crippen LogP) is 0.781. The third kappa shape index (κ3) is 2.66. The summed E-state index contributed by atoms with van der Waals surface area (Å²) in [6.45, 7) is 3.58. The van der Waals surface area contributed by atoms with Crippen LogP contribution in [0.3, 0.4) is 0 Å². The first kappa shape index (κ1) is 9.92. The lowest BCUT2D eigenvalue weighted by Gasteiger charge is -2.16. The van der Waals surface area contributed by atoms with Crippen molar-refractivity contribution in [2.45, 2.75) is 19.9 Å². The molecule has 1 aromatic rings. The summed E-state index contributed by atoms with van der Waals surface area (Å²) in [5.41, 5.74) is 6.25. The highest BCUT2D eigenvalue weighted by molar-refractivity contribution is 5.34. The fourth-order valence-electron chi connectivity index (χ4n) is 1.10. The Labute approximate surface area is 78.8 Å². The summed E-state index contributed by atoms with van der Waals surface area (Å²) in [6.07, 6.45) is 4.59. The van der Waals surface area contributed by atoms with Crippen LogP contribution in [0.2, 0.25) is 0 Å².